The third kappa shape index (κ3) is 20.4. The van der Waals surface area contributed by atoms with Gasteiger partial charge < -0.3 is 12.4 Å². The molecule has 0 heterocycles. The number of unbranched alkanes of at least 4 members (excludes halogenated alkanes) is 15. The maximum atomic E-state index is 2.41. The summed E-state index contributed by atoms with van der Waals surface area (Å²) < 4.78 is 0. The number of hydrogen-bond acceptors (Lipinski definition) is 0. The van der Waals surface area contributed by atoms with E-state index in [0.29, 0.717) is 0 Å². The Morgan fingerprint density at radius 1 is 0.310 bits per heavy atom. The highest BCUT2D eigenvalue weighted by atomic mass is 35.5. The summed E-state index contributed by atoms with van der Waals surface area (Å²) in [5.41, 5.74) is 0. The molecule has 2 heteroatoms. The van der Waals surface area contributed by atoms with Crippen molar-refractivity contribution < 1.29 is 12.4 Å². The Kier molecular flexibility index (Phi) is 27.5. The lowest BCUT2D eigenvalue weighted by atomic mass is 10.0. The average Bonchev–Trinajstić information content (AvgIpc) is 2.68. The van der Waals surface area contributed by atoms with E-state index >= 15 is 0 Å². The van der Waals surface area contributed by atoms with E-state index in [-0.39, 0.29) is 12.4 Å². The number of halogens is 1. The van der Waals surface area contributed by atoms with Crippen molar-refractivity contribution in [1.29, 1.82) is 0 Å². The highest BCUT2D eigenvalue weighted by molar-refractivity contribution is 7.75. The Hall–Kier alpha value is 0.720. The molecule has 0 bridgehead atoms. The Bertz CT molecular complexity index is 275. The molecular weight excluding hydrogens is 391 g/mol. The summed E-state index contributed by atoms with van der Waals surface area (Å²) in [5.74, 6) is 0. The predicted octanol–water partition coefficient (Wildman–Crippen LogP) is 7.50. The van der Waals surface area contributed by atoms with Gasteiger partial charge in [0, 0.05) is 7.26 Å². The zero-order chi connectivity index (χ0) is 20.8. The molecule has 0 aromatic heterocycles. The van der Waals surface area contributed by atoms with Gasteiger partial charge in [-0.3, -0.25) is 0 Å². The molecule has 0 aliphatic rings. The van der Waals surface area contributed by atoms with Crippen LogP contribution in [0.3, 0.4) is 0 Å². The fourth-order valence-electron chi connectivity index (χ4n) is 5.09. The van der Waals surface area contributed by atoms with Gasteiger partial charge in [-0.05, 0) is 32.1 Å². The molecule has 0 rings (SSSR count). The molecule has 0 amide bonds. The van der Waals surface area contributed by atoms with Gasteiger partial charge in [0.2, 0.25) is 0 Å². The van der Waals surface area contributed by atoms with E-state index in [1.807, 2.05) is 0 Å². The number of rotatable bonds is 23. The molecule has 0 nitrogen and oxygen atoms in total. The third-order valence-electron chi connectivity index (χ3n) is 6.58. The molecule has 0 atom stereocenters. The quantitative estimate of drug-likeness (QED) is 0.112. The van der Waals surface area contributed by atoms with Crippen LogP contribution in [0.2, 0.25) is 0 Å². The van der Waals surface area contributed by atoms with Crippen molar-refractivity contribution in [1.82, 2.24) is 0 Å². The molecule has 178 valence electrons. The first-order valence-electron chi connectivity index (χ1n) is 13.6. The van der Waals surface area contributed by atoms with Gasteiger partial charge in [0.1, 0.15) is 0 Å². The van der Waals surface area contributed by atoms with E-state index in [9.17, 15) is 0 Å². The van der Waals surface area contributed by atoms with Crippen LogP contribution in [0.5, 0.6) is 0 Å². The van der Waals surface area contributed by atoms with Crippen molar-refractivity contribution in [2.24, 2.45) is 0 Å². The Labute approximate surface area is 193 Å². The maximum Gasteiger partial charge on any atom is 0.0594 e. The standard InChI is InChI=1S/C27H58P.ClH/c1-5-9-10-11-12-13-14-15-16-17-18-19-20-21-22-23-27-28(24-6-2,25-7-3)26-8-4;/h5-27H2,1-4H3;1H/q+1;/p-1. The van der Waals surface area contributed by atoms with Gasteiger partial charge in [-0.2, -0.15) is 0 Å². The van der Waals surface area contributed by atoms with Crippen LogP contribution in [-0.4, -0.2) is 24.6 Å². The van der Waals surface area contributed by atoms with E-state index in [2.05, 4.69) is 27.7 Å². The topological polar surface area (TPSA) is 0 Å². The van der Waals surface area contributed by atoms with Crippen LogP contribution in [0.25, 0.3) is 0 Å². The van der Waals surface area contributed by atoms with Crippen molar-refractivity contribution in [2.75, 3.05) is 24.6 Å². The predicted molar refractivity (Wildman–Crippen MR) is 137 cm³/mol. The van der Waals surface area contributed by atoms with Crippen molar-refractivity contribution in [3.05, 3.63) is 0 Å². The highest BCUT2D eigenvalue weighted by Gasteiger charge is 2.33. The van der Waals surface area contributed by atoms with Crippen LogP contribution in [0.4, 0.5) is 0 Å². The molecule has 0 unspecified atom stereocenters. The van der Waals surface area contributed by atoms with Gasteiger partial charge in [-0.25, -0.2) is 0 Å². The summed E-state index contributed by atoms with van der Waals surface area (Å²) in [6.45, 7) is 9.54. The monoisotopic (exact) mass is 448 g/mol. The van der Waals surface area contributed by atoms with Gasteiger partial charge in [0.25, 0.3) is 0 Å². The van der Waals surface area contributed by atoms with Crippen LogP contribution < -0.4 is 12.4 Å². The second kappa shape index (κ2) is 25.0. The second-order valence-corrected chi connectivity index (χ2v) is 14.0. The SMILES string of the molecule is CCCCCCCCCCCCCCCCCC[P+](CCC)(CCC)CCC.[Cl-]. The van der Waals surface area contributed by atoms with Gasteiger partial charge >= 0.3 is 0 Å². The lowest BCUT2D eigenvalue weighted by Crippen LogP contribution is -3.00. The van der Waals surface area contributed by atoms with E-state index in [1.54, 1.807) is 24.6 Å². The fourth-order valence-corrected chi connectivity index (χ4v) is 10.2. The smallest absolute Gasteiger partial charge is 0.0594 e. The maximum absolute atomic E-state index is 2.41. The van der Waals surface area contributed by atoms with Crippen LogP contribution in [-0.2, 0) is 0 Å². The van der Waals surface area contributed by atoms with E-state index in [4.69, 9.17) is 0 Å². The Morgan fingerprint density at radius 2 is 0.586 bits per heavy atom. The molecular formula is C27H58ClP. The van der Waals surface area contributed by atoms with E-state index in [0.717, 1.165) is 0 Å². The van der Waals surface area contributed by atoms with E-state index < -0.39 is 7.26 Å². The molecule has 0 saturated heterocycles. The normalized spacial score (nSPS) is 11.6. The molecule has 0 spiro atoms. The summed E-state index contributed by atoms with van der Waals surface area (Å²) in [7, 11) is -0.584. The first-order valence-corrected chi connectivity index (χ1v) is 16.1. The van der Waals surface area contributed by atoms with Crippen molar-refractivity contribution >= 4 is 7.26 Å². The van der Waals surface area contributed by atoms with Crippen LogP contribution >= 0.6 is 7.26 Å². The molecule has 0 N–H and O–H groups in total. The summed E-state index contributed by atoms with van der Waals surface area (Å²) >= 11 is 0. The third-order valence-corrected chi connectivity index (χ3v) is 12.0. The summed E-state index contributed by atoms with van der Waals surface area (Å²) in [4.78, 5) is 0. The first-order chi connectivity index (χ1) is 13.7. The van der Waals surface area contributed by atoms with Crippen molar-refractivity contribution in [3.63, 3.8) is 0 Å². The summed E-state index contributed by atoms with van der Waals surface area (Å²) in [6, 6.07) is 0. The molecule has 0 aliphatic heterocycles. The summed E-state index contributed by atoms with van der Waals surface area (Å²) in [6.07, 6.45) is 34.4. The van der Waals surface area contributed by atoms with E-state index in [1.165, 1.54) is 122 Å². The molecule has 0 aromatic carbocycles. The second-order valence-electron chi connectivity index (χ2n) is 9.54. The Balaban J connectivity index is 0. The Morgan fingerprint density at radius 3 is 0.862 bits per heavy atom. The highest BCUT2D eigenvalue weighted by Crippen LogP contribution is 2.60. The zero-order valence-corrected chi connectivity index (χ0v) is 22.7. The van der Waals surface area contributed by atoms with Gasteiger partial charge in [0.05, 0.1) is 24.6 Å². The van der Waals surface area contributed by atoms with Crippen molar-refractivity contribution in [3.8, 4) is 0 Å². The first kappa shape index (κ1) is 31.9. The van der Waals surface area contributed by atoms with Crippen molar-refractivity contribution in [2.45, 2.75) is 150 Å². The molecule has 0 saturated carbocycles. The molecule has 0 aliphatic carbocycles. The minimum atomic E-state index is -0.584. The lowest BCUT2D eigenvalue weighted by Gasteiger charge is -2.27. The van der Waals surface area contributed by atoms with Crippen LogP contribution in [0.15, 0.2) is 0 Å². The van der Waals surface area contributed by atoms with Gasteiger partial charge in [-0.1, -0.05) is 118 Å². The lowest BCUT2D eigenvalue weighted by molar-refractivity contribution is -0.00000648. The van der Waals surface area contributed by atoms with Gasteiger partial charge in [0.15, 0.2) is 0 Å². The average molecular weight is 449 g/mol. The largest absolute Gasteiger partial charge is 1.00 e. The van der Waals surface area contributed by atoms with Crippen LogP contribution in [0, 0.1) is 0 Å². The zero-order valence-electron chi connectivity index (χ0n) is 21.1. The minimum absolute atomic E-state index is 0. The number of hydrogen-bond donors (Lipinski definition) is 0. The van der Waals surface area contributed by atoms with Crippen LogP contribution in [0.1, 0.15) is 150 Å². The molecule has 0 fully saturated rings. The van der Waals surface area contributed by atoms with Gasteiger partial charge in [-0.15, -0.1) is 0 Å². The molecule has 0 radical (unpaired) electrons. The molecule has 0 aromatic rings. The molecule has 29 heavy (non-hydrogen) atoms. The fraction of sp³-hybridized carbons (Fsp3) is 1.00. The minimum Gasteiger partial charge on any atom is -1.00 e. The summed E-state index contributed by atoms with van der Waals surface area (Å²) in [5, 5.41) is 0.